The summed E-state index contributed by atoms with van der Waals surface area (Å²) in [4.78, 5) is 0. The molecule has 1 aliphatic carbocycles. The van der Waals surface area contributed by atoms with Crippen molar-refractivity contribution in [3.8, 4) is 0 Å². The van der Waals surface area contributed by atoms with Crippen LogP contribution in [0, 0.1) is 0 Å². The van der Waals surface area contributed by atoms with E-state index in [1.165, 1.54) is 61.9 Å². The van der Waals surface area contributed by atoms with Crippen LogP contribution in [0.3, 0.4) is 0 Å². The standard InChI is InChI=1S/C14H23N3O/c1-2-6-12-13(7-3-1)16-17-14(12)9-15-11-5-4-8-18-10-11/h11,15H,1-10H2,(H,16,17)/t11-/m0/s1. The van der Waals surface area contributed by atoms with Crippen molar-refractivity contribution in [1.82, 2.24) is 15.5 Å². The molecule has 0 bridgehead atoms. The number of aromatic nitrogens is 2. The van der Waals surface area contributed by atoms with E-state index >= 15 is 0 Å². The maximum atomic E-state index is 5.49. The zero-order chi connectivity index (χ0) is 12.2. The van der Waals surface area contributed by atoms with E-state index in [4.69, 9.17) is 4.74 Å². The van der Waals surface area contributed by atoms with Crippen LogP contribution in [0.1, 0.15) is 49.1 Å². The van der Waals surface area contributed by atoms with Gasteiger partial charge in [-0.3, -0.25) is 5.10 Å². The molecule has 0 aromatic carbocycles. The van der Waals surface area contributed by atoms with Gasteiger partial charge in [0.1, 0.15) is 0 Å². The van der Waals surface area contributed by atoms with Gasteiger partial charge >= 0.3 is 0 Å². The Morgan fingerprint density at radius 1 is 1.22 bits per heavy atom. The van der Waals surface area contributed by atoms with Crippen molar-refractivity contribution in [2.75, 3.05) is 13.2 Å². The van der Waals surface area contributed by atoms with Gasteiger partial charge in [0.25, 0.3) is 0 Å². The minimum Gasteiger partial charge on any atom is -0.380 e. The molecular weight excluding hydrogens is 226 g/mol. The Balaban J connectivity index is 1.60. The molecular formula is C14H23N3O. The van der Waals surface area contributed by atoms with Crippen LogP contribution in [0.2, 0.25) is 0 Å². The lowest BCUT2D eigenvalue weighted by atomic mass is 10.1. The van der Waals surface area contributed by atoms with Crippen LogP contribution >= 0.6 is 0 Å². The smallest absolute Gasteiger partial charge is 0.0794 e. The normalized spacial score (nSPS) is 24.6. The molecule has 1 aliphatic heterocycles. The van der Waals surface area contributed by atoms with Gasteiger partial charge in [-0.1, -0.05) is 6.42 Å². The van der Waals surface area contributed by atoms with Crippen LogP contribution in [-0.4, -0.2) is 29.5 Å². The first-order valence-electron chi connectivity index (χ1n) is 7.29. The second-order valence-corrected chi connectivity index (χ2v) is 5.48. The molecule has 2 heterocycles. The van der Waals surface area contributed by atoms with E-state index in [9.17, 15) is 0 Å². The first-order chi connectivity index (χ1) is 8.93. The van der Waals surface area contributed by atoms with E-state index in [-0.39, 0.29) is 0 Å². The summed E-state index contributed by atoms with van der Waals surface area (Å²) in [6, 6.07) is 0.511. The Kier molecular flexibility index (Phi) is 3.96. The zero-order valence-corrected chi connectivity index (χ0v) is 11.0. The molecule has 4 heteroatoms. The number of nitrogens with zero attached hydrogens (tertiary/aromatic N) is 1. The van der Waals surface area contributed by atoms with E-state index in [2.05, 4.69) is 15.5 Å². The lowest BCUT2D eigenvalue weighted by Gasteiger charge is -2.23. The molecule has 18 heavy (non-hydrogen) atoms. The van der Waals surface area contributed by atoms with Gasteiger partial charge in [0.15, 0.2) is 0 Å². The summed E-state index contributed by atoms with van der Waals surface area (Å²) in [5, 5.41) is 11.3. The quantitative estimate of drug-likeness (QED) is 0.805. The number of hydrogen-bond donors (Lipinski definition) is 2. The van der Waals surface area contributed by atoms with Crippen LogP contribution in [-0.2, 0) is 24.1 Å². The van der Waals surface area contributed by atoms with Crippen LogP contribution < -0.4 is 5.32 Å². The molecule has 0 spiro atoms. The van der Waals surface area contributed by atoms with Gasteiger partial charge in [-0.25, -0.2) is 0 Å². The second kappa shape index (κ2) is 5.85. The summed E-state index contributed by atoms with van der Waals surface area (Å²) < 4.78 is 5.49. The minimum absolute atomic E-state index is 0.511. The summed E-state index contributed by atoms with van der Waals surface area (Å²) >= 11 is 0. The molecule has 1 saturated heterocycles. The van der Waals surface area contributed by atoms with Gasteiger partial charge in [0.2, 0.25) is 0 Å². The monoisotopic (exact) mass is 249 g/mol. The van der Waals surface area contributed by atoms with Crippen molar-refractivity contribution >= 4 is 0 Å². The van der Waals surface area contributed by atoms with Crippen molar-refractivity contribution in [3.63, 3.8) is 0 Å². The largest absolute Gasteiger partial charge is 0.380 e. The summed E-state index contributed by atoms with van der Waals surface area (Å²) in [5.41, 5.74) is 4.10. The van der Waals surface area contributed by atoms with Gasteiger partial charge in [0, 0.05) is 24.9 Å². The molecule has 0 radical (unpaired) electrons. The highest BCUT2D eigenvalue weighted by molar-refractivity contribution is 5.26. The molecule has 2 N–H and O–H groups in total. The fraction of sp³-hybridized carbons (Fsp3) is 0.786. The lowest BCUT2D eigenvalue weighted by Crippen LogP contribution is -2.36. The third-order valence-corrected chi connectivity index (χ3v) is 4.11. The molecule has 1 fully saturated rings. The average molecular weight is 249 g/mol. The Labute approximate surface area is 108 Å². The van der Waals surface area contributed by atoms with Crippen molar-refractivity contribution in [3.05, 3.63) is 17.0 Å². The summed E-state index contributed by atoms with van der Waals surface area (Å²) in [6.45, 7) is 2.67. The number of fused-ring (bicyclic) bond motifs is 1. The summed E-state index contributed by atoms with van der Waals surface area (Å²) in [7, 11) is 0. The highest BCUT2D eigenvalue weighted by Crippen LogP contribution is 2.21. The maximum Gasteiger partial charge on any atom is 0.0794 e. The molecule has 100 valence electrons. The number of ether oxygens (including phenoxy) is 1. The number of rotatable bonds is 3. The highest BCUT2D eigenvalue weighted by Gasteiger charge is 2.18. The van der Waals surface area contributed by atoms with Gasteiger partial charge < -0.3 is 10.1 Å². The maximum absolute atomic E-state index is 5.49. The fourth-order valence-corrected chi connectivity index (χ4v) is 3.02. The predicted molar refractivity (Wildman–Crippen MR) is 70.5 cm³/mol. The second-order valence-electron chi connectivity index (χ2n) is 5.48. The fourth-order valence-electron chi connectivity index (χ4n) is 3.02. The van der Waals surface area contributed by atoms with E-state index in [0.717, 1.165) is 19.8 Å². The third kappa shape index (κ3) is 2.75. The van der Waals surface area contributed by atoms with Gasteiger partial charge in [-0.2, -0.15) is 5.10 Å². The summed E-state index contributed by atoms with van der Waals surface area (Å²) in [5.74, 6) is 0. The molecule has 1 aromatic heterocycles. The molecule has 1 atom stereocenters. The molecule has 0 unspecified atom stereocenters. The predicted octanol–water partition coefficient (Wildman–Crippen LogP) is 1.95. The van der Waals surface area contributed by atoms with E-state index in [1.807, 2.05) is 0 Å². The minimum atomic E-state index is 0.511. The first-order valence-corrected chi connectivity index (χ1v) is 7.29. The first kappa shape index (κ1) is 12.2. The van der Waals surface area contributed by atoms with E-state index < -0.39 is 0 Å². The average Bonchev–Trinajstić information content (AvgIpc) is 2.65. The molecule has 0 amide bonds. The number of aromatic amines is 1. The van der Waals surface area contributed by atoms with Gasteiger partial charge in [-0.15, -0.1) is 0 Å². The Morgan fingerprint density at radius 3 is 3.06 bits per heavy atom. The van der Waals surface area contributed by atoms with Crippen molar-refractivity contribution < 1.29 is 4.74 Å². The molecule has 4 nitrogen and oxygen atoms in total. The van der Waals surface area contributed by atoms with Crippen LogP contribution in [0.25, 0.3) is 0 Å². The number of H-pyrrole nitrogens is 1. The topological polar surface area (TPSA) is 49.9 Å². The van der Waals surface area contributed by atoms with E-state index in [0.29, 0.717) is 6.04 Å². The molecule has 3 rings (SSSR count). The van der Waals surface area contributed by atoms with Crippen LogP contribution in [0.4, 0.5) is 0 Å². The van der Waals surface area contributed by atoms with Crippen LogP contribution in [0.5, 0.6) is 0 Å². The molecule has 1 aromatic rings. The van der Waals surface area contributed by atoms with Crippen molar-refractivity contribution in [1.29, 1.82) is 0 Å². The third-order valence-electron chi connectivity index (χ3n) is 4.11. The number of aryl methyl sites for hydroxylation is 1. The highest BCUT2D eigenvalue weighted by atomic mass is 16.5. The van der Waals surface area contributed by atoms with Crippen molar-refractivity contribution in [2.45, 2.75) is 57.5 Å². The van der Waals surface area contributed by atoms with Crippen LogP contribution in [0.15, 0.2) is 0 Å². The number of nitrogens with one attached hydrogen (secondary N) is 2. The van der Waals surface area contributed by atoms with Gasteiger partial charge in [0.05, 0.1) is 12.3 Å². The lowest BCUT2D eigenvalue weighted by molar-refractivity contribution is 0.0698. The molecule has 2 aliphatic rings. The summed E-state index contributed by atoms with van der Waals surface area (Å²) in [6.07, 6.45) is 8.75. The SMILES string of the molecule is C1CCc2[nH]nc(CN[C@H]3CCCOC3)c2CC1. The Hall–Kier alpha value is -0.870. The van der Waals surface area contributed by atoms with Gasteiger partial charge in [-0.05, 0) is 44.1 Å². The Morgan fingerprint density at radius 2 is 2.17 bits per heavy atom. The zero-order valence-electron chi connectivity index (χ0n) is 11.0. The van der Waals surface area contributed by atoms with Crippen molar-refractivity contribution in [2.24, 2.45) is 0 Å². The molecule has 0 saturated carbocycles. The van der Waals surface area contributed by atoms with E-state index in [1.54, 1.807) is 0 Å². The Bertz CT molecular complexity index is 382. The number of hydrogen-bond acceptors (Lipinski definition) is 3.